The molecule has 0 aliphatic carbocycles. The van der Waals surface area contributed by atoms with Gasteiger partial charge in [-0.25, -0.2) is 13.2 Å². The highest BCUT2D eigenvalue weighted by atomic mass is 32.2. The Morgan fingerprint density at radius 1 is 1.00 bits per heavy atom. The van der Waals surface area contributed by atoms with Crippen LogP contribution >= 0.6 is 0 Å². The zero-order chi connectivity index (χ0) is 24.0. The molecule has 1 N–H and O–H groups in total. The van der Waals surface area contributed by atoms with Gasteiger partial charge in [0, 0.05) is 12.3 Å². The number of nitro groups is 1. The number of amides is 1. The van der Waals surface area contributed by atoms with Gasteiger partial charge in [0.1, 0.15) is 10.6 Å². The van der Waals surface area contributed by atoms with Crippen molar-refractivity contribution < 1.29 is 32.4 Å². The summed E-state index contributed by atoms with van der Waals surface area (Å²) < 4.78 is 34.0. The van der Waals surface area contributed by atoms with Crippen molar-refractivity contribution in [2.75, 3.05) is 18.2 Å². The van der Waals surface area contributed by atoms with Crippen LogP contribution in [-0.2, 0) is 19.4 Å². The summed E-state index contributed by atoms with van der Waals surface area (Å²) in [6, 6.07) is 18.4. The number of carbonyl (C=O) groups is 2. The van der Waals surface area contributed by atoms with Gasteiger partial charge < -0.3 is 14.8 Å². The molecule has 0 aliphatic heterocycles. The third kappa shape index (κ3) is 6.14. The molecule has 0 heterocycles. The Bertz CT molecular complexity index is 1310. The van der Waals surface area contributed by atoms with E-state index in [-0.39, 0.29) is 5.56 Å². The highest BCUT2D eigenvalue weighted by molar-refractivity contribution is 7.90. The van der Waals surface area contributed by atoms with Crippen molar-refractivity contribution in [3.8, 4) is 11.5 Å². The number of esters is 1. The highest BCUT2D eigenvalue weighted by Gasteiger charge is 2.24. The van der Waals surface area contributed by atoms with E-state index in [0.29, 0.717) is 17.2 Å². The van der Waals surface area contributed by atoms with Gasteiger partial charge in [0.05, 0.1) is 16.2 Å². The molecule has 0 aromatic heterocycles. The summed E-state index contributed by atoms with van der Waals surface area (Å²) in [7, 11) is -3.88. The molecule has 0 spiro atoms. The number of nitro benzene ring substituents is 1. The molecule has 11 heteroatoms. The predicted molar refractivity (Wildman–Crippen MR) is 118 cm³/mol. The van der Waals surface area contributed by atoms with Crippen molar-refractivity contribution in [1.29, 1.82) is 0 Å². The van der Waals surface area contributed by atoms with Gasteiger partial charge in [0.25, 0.3) is 11.6 Å². The van der Waals surface area contributed by atoms with E-state index in [1.807, 2.05) is 6.07 Å². The summed E-state index contributed by atoms with van der Waals surface area (Å²) in [4.78, 5) is 34.3. The number of hydrogen-bond acceptors (Lipinski definition) is 8. The number of nitrogens with zero attached hydrogens (tertiary/aromatic N) is 1. The molecule has 0 saturated heterocycles. The molecule has 0 aliphatic rings. The molecule has 170 valence electrons. The first-order valence-corrected chi connectivity index (χ1v) is 11.3. The Hall–Kier alpha value is -4.25. The van der Waals surface area contributed by atoms with Gasteiger partial charge in [-0.15, -0.1) is 0 Å². The maximum atomic E-state index is 12.3. The van der Waals surface area contributed by atoms with Crippen LogP contribution in [0.3, 0.4) is 0 Å². The van der Waals surface area contributed by atoms with Gasteiger partial charge in [-0.1, -0.05) is 30.3 Å². The quantitative estimate of drug-likeness (QED) is 0.299. The number of nitrogens with one attached hydrogen (secondary N) is 1. The average Bonchev–Trinajstić information content (AvgIpc) is 2.78. The minimum atomic E-state index is -3.88. The van der Waals surface area contributed by atoms with Gasteiger partial charge in [-0.2, -0.15) is 0 Å². The molecule has 0 fully saturated rings. The lowest BCUT2D eigenvalue weighted by Gasteiger charge is -2.12. The number of benzene rings is 3. The van der Waals surface area contributed by atoms with Crippen LogP contribution in [-0.4, -0.2) is 38.1 Å². The second-order valence-corrected chi connectivity index (χ2v) is 8.73. The molecule has 33 heavy (non-hydrogen) atoms. The molecule has 0 unspecified atom stereocenters. The maximum Gasteiger partial charge on any atom is 0.338 e. The van der Waals surface area contributed by atoms with Crippen LogP contribution in [0, 0.1) is 10.1 Å². The van der Waals surface area contributed by atoms with Crippen LogP contribution in [0.4, 0.5) is 11.4 Å². The number of rotatable bonds is 8. The van der Waals surface area contributed by atoms with E-state index in [0.717, 1.165) is 24.5 Å². The van der Waals surface area contributed by atoms with E-state index in [2.05, 4.69) is 5.32 Å². The minimum Gasteiger partial charge on any atom is -0.455 e. The van der Waals surface area contributed by atoms with E-state index in [4.69, 9.17) is 9.47 Å². The molecule has 3 rings (SSSR count). The summed E-state index contributed by atoms with van der Waals surface area (Å²) in [6.45, 7) is -0.680. The van der Waals surface area contributed by atoms with Gasteiger partial charge in [0.15, 0.2) is 22.2 Å². The van der Waals surface area contributed by atoms with Crippen LogP contribution < -0.4 is 10.1 Å². The van der Waals surface area contributed by atoms with Crippen LogP contribution in [0.15, 0.2) is 77.7 Å². The van der Waals surface area contributed by atoms with Gasteiger partial charge in [-0.05, 0) is 36.4 Å². The zero-order valence-corrected chi connectivity index (χ0v) is 18.1. The van der Waals surface area contributed by atoms with E-state index < -0.39 is 43.8 Å². The average molecular weight is 470 g/mol. The fourth-order valence-electron chi connectivity index (χ4n) is 2.78. The van der Waals surface area contributed by atoms with Crippen molar-refractivity contribution in [3.63, 3.8) is 0 Å². The van der Waals surface area contributed by atoms with Crippen LogP contribution in [0.25, 0.3) is 0 Å². The van der Waals surface area contributed by atoms with Crippen molar-refractivity contribution >= 4 is 33.1 Å². The second kappa shape index (κ2) is 9.92. The molecular formula is C22H18N2O8S. The molecule has 10 nitrogen and oxygen atoms in total. The third-order valence-corrected chi connectivity index (χ3v) is 5.40. The fraction of sp³-hybridized carbons (Fsp3) is 0.0909. The number of para-hydroxylation sites is 3. The Morgan fingerprint density at radius 3 is 2.33 bits per heavy atom. The molecule has 0 atom stereocenters. The maximum absolute atomic E-state index is 12.3. The predicted octanol–water partition coefficient (Wildman–Crippen LogP) is 3.59. The van der Waals surface area contributed by atoms with Crippen molar-refractivity contribution in [2.24, 2.45) is 0 Å². The molecule has 3 aromatic rings. The first-order chi connectivity index (χ1) is 15.6. The number of ether oxygens (including phenoxy) is 2. The number of anilines is 1. The number of carbonyl (C=O) groups excluding carboxylic acids is 2. The Balaban J connectivity index is 1.67. The molecular weight excluding hydrogens is 452 g/mol. The van der Waals surface area contributed by atoms with Crippen LogP contribution in [0.5, 0.6) is 11.5 Å². The number of sulfone groups is 1. The highest BCUT2D eigenvalue weighted by Crippen LogP contribution is 2.29. The summed E-state index contributed by atoms with van der Waals surface area (Å²) in [5.74, 6) is -0.767. The normalized spacial score (nSPS) is 10.8. The smallest absolute Gasteiger partial charge is 0.338 e. The molecule has 0 radical (unpaired) electrons. The third-order valence-electron chi connectivity index (χ3n) is 4.26. The van der Waals surface area contributed by atoms with Crippen LogP contribution in [0.2, 0.25) is 0 Å². The lowest BCUT2D eigenvalue weighted by Crippen LogP contribution is -2.21. The van der Waals surface area contributed by atoms with E-state index in [9.17, 15) is 28.1 Å². The molecule has 1 amide bonds. The Kier molecular flexibility index (Phi) is 7.04. The monoisotopic (exact) mass is 470 g/mol. The lowest BCUT2D eigenvalue weighted by atomic mass is 10.2. The summed E-state index contributed by atoms with van der Waals surface area (Å²) in [6.07, 6.45) is 0.816. The Labute approximate surface area is 188 Å². The molecule has 0 bridgehead atoms. The van der Waals surface area contributed by atoms with Crippen molar-refractivity contribution in [1.82, 2.24) is 0 Å². The summed E-state index contributed by atoms with van der Waals surface area (Å²) >= 11 is 0. The minimum absolute atomic E-state index is 0.269. The molecule has 3 aromatic carbocycles. The van der Waals surface area contributed by atoms with E-state index >= 15 is 0 Å². The molecule has 0 saturated carbocycles. The largest absolute Gasteiger partial charge is 0.455 e. The van der Waals surface area contributed by atoms with Crippen molar-refractivity contribution in [2.45, 2.75) is 4.90 Å². The standard InChI is InChI=1S/C22H18N2O8S/c1-33(29,30)20-12-11-15(13-18(20)24(27)28)22(26)31-14-21(25)23-17-9-5-6-10-19(17)32-16-7-3-2-4-8-16/h2-13H,14H2,1H3,(H,23,25). The van der Waals surface area contributed by atoms with Gasteiger partial charge >= 0.3 is 5.97 Å². The SMILES string of the molecule is CS(=O)(=O)c1ccc(C(=O)OCC(=O)Nc2ccccc2Oc2ccccc2)cc1[N+](=O)[O-]. The lowest BCUT2D eigenvalue weighted by molar-refractivity contribution is -0.387. The van der Waals surface area contributed by atoms with E-state index in [1.165, 1.54) is 0 Å². The first-order valence-electron chi connectivity index (χ1n) is 9.42. The van der Waals surface area contributed by atoms with Gasteiger partial charge in [0.2, 0.25) is 0 Å². The Morgan fingerprint density at radius 2 is 1.67 bits per heavy atom. The van der Waals surface area contributed by atoms with E-state index in [1.54, 1.807) is 48.5 Å². The fourth-order valence-corrected chi connectivity index (χ4v) is 3.60. The topological polar surface area (TPSA) is 142 Å². The summed E-state index contributed by atoms with van der Waals surface area (Å²) in [5, 5.41) is 13.8. The first kappa shape index (κ1) is 23.4. The van der Waals surface area contributed by atoms with Crippen molar-refractivity contribution in [3.05, 3.63) is 88.5 Å². The summed E-state index contributed by atoms with van der Waals surface area (Å²) in [5.41, 5.74) is -0.686. The van der Waals surface area contributed by atoms with Crippen LogP contribution in [0.1, 0.15) is 10.4 Å². The van der Waals surface area contributed by atoms with Gasteiger partial charge in [-0.3, -0.25) is 14.9 Å². The zero-order valence-electron chi connectivity index (χ0n) is 17.3. The second-order valence-electron chi connectivity index (χ2n) is 6.75. The number of hydrogen-bond donors (Lipinski definition) is 1.